The average molecular weight is 404 g/mol. The fraction of sp³-hybridized carbons (Fsp3) is 0.286. The van der Waals surface area contributed by atoms with Gasteiger partial charge >= 0.3 is 0 Å². The number of hydrogen-bond donors (Lipinski definition) is 0. The summed E-state index contributed by atoms with van der Waals surface area (Å²) in [5, 5.41) is 9.38. The first-order chi connectivity index (χ1) is 14.7. The van der Waals surface area contributed by atoms with Crippen molar-refractivity contribution in [2.45, 2.75) is 19.4 Å². The van der Waals surface area contributed by atoms with Crippen molar-refractivity contribution in [1.29, 1.82) is 0 Å². The van der Waals surface area contributed by atoms with Crippen molar-refractivity contribution in [3.63, 3.8) is 0 Å². The van der Waals surface area contributed by atoms with Crippen LogP contribution in [0.3, 0.4) is 0 Å². The minimum absolute atomic E-state index is 0.0897. The first-order valence-electron chi connectivity index (χ1n) is 9.88. The summed E-state index contributed by atoms with van der Waals surface area (Å²) in [6.45, 7) is 1.75. The maximum Gasteiger partial charge on any atom is 0.289 e. The van der Waals surface area contributed by atoms with E-state index in [-0.39, 0.29) is 17.4 Å². The van der Waals surface area contributed by atoms with Crippen molar-refractivity contribution in [2.24, 2.45) is 5.92 Å². The molecule has 4 aromatic rings. The van der Waals surface area contributed by atoms with Crippen molar-refractivity contribution in [1.82, 2.24) is 29.4 Å². The smallest absolute Gasteiger partial charge is 0.289 e. The molecule has 0 spiro atoms. The minimum atomic E-state index is -0.153. The number of piperidine rings is 1. The zero-order valence-corrected chi connectivity index (χ0v) is 16.2. The highest BCUT2D eigenvalue weighted by molar-refractivity contribution is 5.96. The van der Waals surface area contributed by atoms with Gasteiger partial charge in [-0.05, 0) is 37.0 Å². The van der Waals surface area contributed by atoms with Gasteiger partial charge in [0.1, 0.15) is 18.2 Å². The van der Waals surface area contributed by atoms with E-state index in [0.29, 0.717) is 36.8 Å². The molecule has 0 bridgehead atoms. The number of carbonyl (C=O) groups is 1. The fourth-order valence-corrected chi connectivity index (χ4v) is 3.82. The summed E-state index contributed by atoms with van der Waals surface area (Å²) in [5.41, 5.74) is 0.563. The van der Waals surface area contributed by atoms with Crippen molar-refractivity contribution >= 4 is 16.9 Å². The zero-order chi connectivity index (χ0) is 20.5. The lowest BCUT2D eigenvalue weighted by molar-refractivity contribution is 0.0651. The molecule has 152 valence electrons. The molecule has 3 aromatic heterocycles. The topological polar surface area (TPSA) is 99.1 Å². The van der Waals surface area contributed by atoms with Crippen LogP contribution in [0, 0.1) is 5.92 Å². The quantitative estimate of drug-likeness (QED) is 0.517. The first-order valence-corrected chi connectivity index (χ1v) is 9.88. The Kier molecular flexibility index (Phi) is 4.62. The van der Waals surface area contributed by atoms with Gasteiger partial charge in [0.05, 0.1) is 0 Å². The van der Waals surface area contributed by atoms with E-state index in [1.165, 1.54) is 21.8 Å². The Morgan fingerprint density at radius 2 is 1.97 bits per heavy atom. The number of aromatic nitrogens is 5. The second-order valence-corrected chi connectivity index (χ2v) is 7.44. The molecule has 0 radical (unpaired) electrons. The van der Waals surface area contributed by atoms with Gasteiger partial charge in [0.15, 0.2) is 11.6 Å². The number of para-hydroxylation sites is 1. The van der Waals surface area contributed by atoms with E-state index in [2.05, 4.69) is 15.2 Å². The highest BCUT2D eigenvalue weighted by Gasteiger charge is 2.26. The van der Waals surface area contributed by atoms with Crippen LogP contribution in [0.25, 0.3) is 16.8 Å². The predicted octanol–water partition coefficient (Wildman–Crippen LogP) is 2.12. The Balaban J connectivity index is 1.24. The van der Waals surface area contributed by atoms with Crippen LogP contribution in [0.15, 0.2) is 64.3 Å². The third-order valence-electron chi connectivity index (χ3n) is 5.48. The van der Waals surface area contributed by atoms with Gasteiger partial charge in [0, 0.05) is 31.1 Å². The highest BCUT2D eigenvalue weighted by atomic mass is 16.3. The van der Waals surface area contributed by atoms with E-state index in [0.717, 1.165) is 18.2 Å². The van der Waals surface area contributed by atoms with E-state index in [1.54, 1.807) is 18.5 Å². The molecule has 0 aliphatic carbocycles. The normalized spacial score (nSPS) is 15.0. The maximum absolute atomic E-state index is 12.8. The molecule has 0 atom stereocenters. The van der Waals surface area contributed by atoms with Gasteiger partial charge in [-0.1, -0.05) is 18.2 Å². The summed E-state index contributed by atoms with van der Waals surface area (Å²) < 4.78 is 8.70. The minimum Gasteiger partial charge on any atom is -0.451 e. The molecular formula is C21H20N6O3. The SMILES string of the molecule is O=C(c1cc2ccccc2o1)N1CCC(Cn2nc(-n3cncn3)ccc2=O)CC1. The molecule has 0 unspecified atom stereocenters. The largest absolute Gasteiger partial charge is 0.451 e. The summed E-state index contributed by atoms with van der Waals surface area (Å²) in [6, 6.07) is 12.5. The van der Waals surface area contributed by atoms with E-state index in [4.69, 9.17) is 4.42 Å². The van der Waals surface area contributed by atoms with E-state index in [9.17, 15) is 9.59 Å². The number of nitrogens with zero attached hydrogens (tertiary/aromatic N) is 6. The second kappa shape index (κ2) is 7.58. The number of carbonyl (C=O) groups excluding carboxylic acids is 1. The van der Waals surface area contributed by atoms with Crippen molar-refractivity contribution in [3.05, 3.63) is 71.2 Å². The molecule has 0 saturated carbocycles. The van der Waals surface area contributed by atoms with Crippen LogP contribution in [-0.2, 0) is 6.54 Å². The third-order valence-corrected chi connectivity index (χ3v) is 5.48. The molecule has 9 nitrogen and oxygen atoms in total. The zero-order valence-electron chi connectivity index (χ0n) is 16.2. The molecule has 0 N–H and O–H groups in total. The van der Waals surface area contributed by atoms with Crippen molar-refractivity contribution in [2.75, 3.05) is 13.1 Å². The molecule has 5 rings (SSSR count). The molecule has 1 aliphatic rings. The summed E-state index contributed by atoms with van der Waals surface area (Å²) in [4.78, 5) is 30.8. The average Bonchev–Trinajstić information content (AvgIpc) is 3.45. The molecular weight excluding hydrogens is 384 g/mol. The molecule has 4 heterocycles. The molecule has 1 amide bonds. The van der Waals surface area contributed by atoms with Crippen LogP contribution in [0.5, 0.6) is 0 Å². The molecule has 1 aliphatic heterocycles. The van der Waals surface area contributed by atoms with Gasteiger partial charge in [0.2, 0.25) is 0 Å². The Bertz CT molecular complexity index is 1200. The standard InChI is InChI=1S/C21H20N6O3/c28-20-6-5-19(27-14-22-13-23-27)24-26(20)12-15-7-9-25(10-8-15)21(29)18-11-16-3-1-2-4-17(16)30-18/h1-6,11,13-15H,7-10,12H2. The van der Waals surface area contributed by atoms with Crippen molar-refractivity contribution < 1.29 is 9.21 Å². The van der Waals surface area contributed by atoms with Gasteiger partial charge in [0.25, 0.3) is 11.5 Å². The van der Waals surface area contributed by atoms with Gasteiger partial charge in [-0.2, -0.15) is 5.10 Å². The summed E-state index contributed by atoms with van der Waals surface area (Å²) in [5.74, 6) is 1.09. The monoisotopic (exact) mass is 404 g/mol. The lowest BCUT2D eigenvalue weighted by atomic mass is 9.96. The van der Waals surface area contributed by atoms with Crippen LogP contribution in [0.4, 0.5) is 0 Å². The Morgan fingerprint density at radius 3 is 2.73 bits per heavy atom. The van der Waals surface area contributed by atoms with E-state index >= 15 is 0 Å². The third kappa shape index (κ3) is 3.49. The van der Waals surface area contributed by atoms with Gasteiger partial charge in [-0.15, -0.1) is 5.10 Å². The van der Waals surface area contributed by atoms with E-state index in [1.807, 2.05) is 29.2 Å². The van der Waals surface area contributed by atoms with Crippen LogP contribution < -0.4 is 5.56 Å². The molecule has 30 heavy (non-hydrogen) atoms. The van der Waals surface area contributed by atoms with Gasteiger partial charge in [-0.25, -0.2) is 14.3 Å². The number of benzene rings is 1. The highest BCUT2D eigenvalue weighted by Crippen LogP contribution is 2.23. The number of likely N-dealkylation sites (tertiary alicyclic amines) is 1. The number of rotatable bonds is 4. The number of fused-ring (bicyclic) bond motifs is 1. The lowest BCUT2D eigenvalue weighted by Crippen LogP contribution is -2.40. The van der Waals surface area contributed by atoms with E-state index < -0.39 is 0 Å². The van der Waals surface area contributed by atoms with Crippen molar-refractivity contribution in [3.8, 4) is 5.82 Å². The molecule has 9 heteroatoms. The summed E-state index contributed by atoms with van der Waals surface area (Å²) in [6.07, 6.45) is 4.56. The lowest BCUT2D eigenvalue weighted by Gasteiger charge is -2.31. The first kappa shape index (κ1) is 18.3. The summed E-state index contributed by atoms with van der Waals surface area (Å²) >= 11 is 0. The van der Waals surface area contributed by atoms with Crippen LogP contribution in [0.1, 0.15) is 23.4 Å². The second-order valence-electron chi connectivity index (χ2n) is 7.44. The molecule has 1 fully saturated rings. The molecule has 1 saturated heterocycles. The Morgan fingerprint density at radius 1 is 1.13 bits per heavy atom. The Hall–Kier alpha value is -3.75. The Labute approximate surface area is 171 Å². The molecule has 1 aromatic carbocycles. The van der Waals surface area contributed by atoms with Gasteiger partial charge < -0.3 is 9.32 Å². The van der Waals surface area contributed by atoms with Crippen LogP contribution >= 0.6 is 0 Å². The van der Waals surface area contributed by atoms with Crippen LogP contribution in [-0.4, -0.2) is 48.4 Å². The summed E-state index contributed by atoms with van der Waals surface area (Å²) in [7, 11) is 0. The van der Waals surface area contributed by atoms with Crippen LogP contribution in [0.2, 0.25) is 0 Å². The number of furan rings is 1. The fourth-order valence-electron chi connectivity index (χ4n) is 3.82. The number of amides is 1. The number of hydrogen-bond acceptors (Lipinski definition) is 6. The predicted molar refractivity (Wildman–Crippen MR) is 108 cm³/mol. The van der Waals surface area contributed by atoms with Gasteiger partial charge in [-0.3, -0.25) is 9.59 Å². The maximum atomic E-state index is 12.8.